The molecule has 13 heteroatoms. The lowest BCUT2D eigenvalue weighted by Gasteiger charge is -2.32. The first-order valence-corrected chi connectivity index (χ1v) is 12.4. The van der Waals surface area contributed by atoms with Crippen LogP contribution in [0.25, 0.3) is 0 Å². The van der Waals surface area contributed by atoms with Gasteiger partial charge < -0.3 is 19.5 Å². The van der Waals surface area contributed by atoms with Gasteiger partial charge in [0.15, 0.2) is 0 Å². The fourth-order valence-corrected chi connectivity index (χ4v) is 5.22. The summed E-state index contributed by atoms with van der Waals surface area (Å²) in [5.41, 5.74) is -3.72. The van der Waals surface area contributed by atoms with Gasteiger partial charge in [0.2, 0.25) is 5.91 Å². The Balaban J connectivity index is 1.63. The molecule has 1 N–H and O–H groups in total. The Morgan fingerprint density at radius 3 is 2.10 bits per heavy atom. The molecule has 2 saturated heterocycles. The molecule has 1 unspecified atom stereocenters. The van der Waals surface area contributed by atoms with Crippen LogP contribution in [0.15, 0.2) is 48.5 Å². The first-order valence-electron chi connectivity index (χ1n) is 12.4. The zero-order valence-corrected chi connectivity index (χ0v) is 21.8. The first-order chi connectivity index (χ1) is 18.5. The predicted molar refractivity (Wildman–Crippen MR) is 129 cm³/mol. The van der Waals surface area contributed by atoms with Crippen LogP contribution in [0.2, 0.25) is 0 Å². The highest BCUT2D eigenvalue weighted by atomic mass is 19.4. The van der Waals surface area contributed by atoms with E-state index in [9.17, 15) is 41.0 Å². The maximum atomic E-state index is 13.5. The summed E-state index contributed by atoms with van der Waals surface area (Å²) in [6.07, 6.45) is -13.4. The number of nitrogens with zero attached hydrogens (tertiary/aromatic N) is 2. The highest BCUT2D eigenvalue weighted by Crippen LogP contribution is 2.40. The molecule has 0 aromatic heterocycles. The predicted octanol–water partition coefficient (Wildman–Crippen LogP) is 5.91. The fraction of sp³-hybridized carbons (Fsp3) is 0.481. The lowest BCUT2D eigenvalue weighted by atomic mass is 9.95. The number of amides is 2. The number of likely N-dealkylation sites (tertiary alicyclic amines) is 1. The number of halogens is 6. The third kappa shape index (κ3) is 6.04. The molecule has 7 nitrogen and oxygen atoms in total. The van der Waals surface area contributed by atoms with E-state index >= 15 is 0 Å². The van der Waals surface area contributed by atoms with Gasteiger partial charge in [-0.2, -0.15) is 26.3 Å². The number of benzene rings is 2. The Hall–Kier alpha value is -3.32. The van der Waals surface area contributed by atoms with E-state index in [0.717, 1.165) is 10.5 Å². The third-order valence-electron chi connectivity index (χ3n) is 7.24. The number of alkyl halides is 6. The second kappa shape index (κ2) is 10.6. The zero-order valence-electron chi connectivity index (χ0n) is 21.8. The van der Waals surface area contributed by atoms with E-state index in [-0.39, 0.29) is 31.3 Å². The van der Waals surface area contributed by atoms with Crippen LogP contribution in [0.5, 0.6) is 0 Å². The number of ether oxygens (including phenoxy) is 2. The molecule has 218 valence electrons. The Kier molecular flexibility index (Phi) is 7.85. The molecular weight excluding hydrogens is 546 g/mol. The Bertz CT molecular complexity index is 1220. The van der Waals surface area contributed by atoms with Gasteiger partial charge in [0.1, 0.15) is 11.8 Å². The van der Waals surface area contributed by atoms with Crippen LogP contribution < -0.4 is 0 Å². The van der Waals surface area contributed by atoms with Crippen molar-refractivity contribution in [3.8, 4) is 0 Å². The van der Waals surface area contributed by atoms with Crippen molar-refractivity contribution in [2.75, 3.05) is 19.7 Å². The van der Waals surface area contributed by atoms with Gasteiger partial charge in [0.25, 0.3) is 0 Å². The summed E-state index contributed by atoms with van der Waals surface area (Å²) in [5.74, 6) is -1.01. The summed E-state index contributed by atoms with van der Waals surface area (Å²) in [5, 5.41) is 9.69. The summed E-state index contributed by atoms with van der Waals surface area (Å²) in [4.78, 5) is 27.7. The van der Waals surface area contributed by atoms with Crippen LogP contribution in [0.4, 0.5) is 31.1 Å². The van der Waals surface area contributed by atoms with Crippen molar-refractivity contribution >= 4 is 12.0 Å². The van der Waals surface area contributed by atoms with Gasteiger partial charge in [-0.1, -0.05) is 30.3 Å². The van der Waals surface area contributed by atoms with Crippen molar-refractivity contribution in [1.82, 2.24) is 9.80 Å². The van der Waals surface area contributed by atoms with Crippen molar-refractivity contribution < 1.29 is 50.5 Å². The first kappa shape index (κ1) is 29.7. The van der Waals surface area contributed by atoms with Gasteiger partial charge in [-0.3, -0.25) is 9.69 Å². The van der Waals surface area contributed by atoms with Gasteiger partial charge in [-0.25, -0.2) is 4.79 Å². The second-order valence-corrected chi connectivity index (χ2v) is 10.3. The van der Waals surface area contributed by atoms with E-state index in [1.165, 1.54) is 25.7 Å². The summed E-state index contributed by atoms with van der Waals surface area (Å²) >= 11 is 0. The van der Waals surface area contributed by atoms with Crippen LogP contribution >= 0.6 is 0 Å². The average Bonchev–Trinajstić information content (AvgIpc) is 3.43. The minimum atomic E-state index is -5.01. The summed E-state index contributed by atoms with van der Waals surface area (Å²) < 4.78 is 92.1. The van der Waals surface area contributed by atoms with E-state index in [1.54, 1.807) is 30.3 Å². The molecule has 0 radical (unpaired) electrons. The van der Waals surface area contributed by atoms with Crippen LogP contribution in [0.1, 0.15) is 55.0 Å². The molecule has 2 amide bonds. The minimum absolute atomic E-state index is 0.0539. The Morgan fingerprint density at radius 1 is 1.00 bits per heavy atom. The topological polar surface area (TPSA) is 79.3 Å². The Morgan fingerprint density at radius 2 is 1.57 bits per heavy atom. The molecule has 0 saturated carbocycles. The van der Waals surface area contributed by atoms with Gasteiger partial charge in [0.05, 0.1) is 29.9 Å². The van der Waals surface area contributed by atoms with Crippen molar-refractivity contribution in [2.24, 2.45) is 0 Å². The van der Waals surface area contributed by atoms with Crippen molar-refractivity contribution in [3.63, 3.8) is 0 Å². The number of carbonyl (C=O) groups is 2. The van der Waals surface area contributed by atoms with Crippen molar-refractivity contribution in [3.05, 3.63) is 70.8 Å². The molecule has 2 heterocycles. The van der Waals surface area contributed by atoms with Crippen LogP contribution in [0.3, 0.4) is 0 Å². The standard InChI is InChI=1S/C27H28F6N2O5/c1-15(17-9-18(26(28,29)30)11-19(10-17)27(31,32)33)40-22-13-34(12-20(22)16-7-5-4-6-8-16)23(36)21-14-39-25(2,3)35(21)24(37)38/h4-11,15,20-22H,12-14H2,1-3H3,(H,37,38)/t15-,20-,21?,22+/m1/s1. The minimum Gasteiger partial charge on any atom is -0.465 e. The van der Waals surface area contributed by atoms with Gasteiger partial charge in [-0.05, 0) is 50.1 Å². The number of rotatable bonds is 5. The van der Waals surface area contributed by atoms with E-state index in [4.69, 9.17) is 9.47 Å². The maximum Gasteiger partial charge on any atom is 0.416 e. The summed E-state index contributed by atoms with van der Waals surface area (Å²) in [6, 6.07) is 8.99. The lowest BCUT2D eigenvalue weighted by Crippen LogP contribution is -2.53. The van der Waals surface area contributed by atoms with Crippen molar-refractivity contribution in [1.29, 1.82) is 0 Å². The molecule has 40 heavy (non-hydrogen) atoms. The Labute approximate surface area is 226 Å². The third-order valence-corrected chi connectivity index (χ3v) is 7.24. The smallest absolute Gasteiger partial charge is 0.416 e. The normalized spacial score (nSPS) is 23.9. The van der Waals surface area contributed by atoms with Crippen molar-refractivity contribution in [2.45, 2.75) is 63.0 Å². The number of hydrogen-bond donors (Lipinski definition) is 1. The lowest BCUT2D eigenvalue weighted by molar-refractivity contribution is -0.143. The van der Waals surface area contributed by atoms with E-state index < -0.39 is 65.4 Å². The largest absolute Gasteiger partial charge is 0.465 e. The van der Waals surface area contributed by atoms with E-state index in [2.05, 4.69) is 0 Å². The molecule has 0 aliphatic carbocycles. The highest BCUT2D eigenvalue weighted by Gasteiger charge is 2.50. The zero-order chi connectivity index (χ0) is 29.6. The summed E-state index contributed by atoms with van der Waals surface area (Å²) in [7, 11) is 0. The molecule has 2 aliphatic heterocycles. The quantitative estimate of drug-likeness (QED) is 0.450. The number of carboxylic acid groups (broad SMARTS) is 1. The van der Waals surface area contributed by atoms with E-state index in [1.807, 2.05) is 0 Å². The molecule has 2 aromatic rings. The van der Waals surface area contributed by atoms with Crippen LogP contribution in [-0.2, 0) is 26.6 Å². The van der Waals surface area contributed by atoms with Gasteiger partial charge in [-0.15, -0.1) is 0 Å². The SMILES string of the molecule is C[C@@H](O[C@H]1CN(C(=O)C2COC(C)(C)N2C(=O)O)C[C@@H]1c1ccccc1)c1cc(C(F)(F)F)cc(C(F)(F)F)c1. The fourth-order valence-electron chi connectivity index (χ4n) is 5.22. The highest BCUT2D eigenvalue weighted by molar-refractivity contribution is 5.86. The van der Waals surface area contributed by atoms with Crippen LogP contribution in [0, 0.1) is 0 Å². The molecule has 0 spiro atoms. The van der Waals surface area contributed by atoms with Gasteiger partial charge in [0, 0.05) is 19.0 Å². The van der Waals surface area contributed by atoms with E-state index in [0.29, 0.717) is 12.1 Å². The molecular formula is C27H28F6N2O5. The molecule has 4 atom stereocenters. The molecule has 2 fully saturated rings. The molecule has 4 rings (SSSR count). The molecule has 0 bridgehead atoms. The second-order valence-electron chi connectivity index (χ2n) is 10.3. The monoisotopic (exact) mass is 574 g/mol. The number of carbonyl (C=O) groups excluding carboxylic acids is 1. The van der Waals surface area contributed by atoms with Crippen LogP contribution in [-0.4, -0.2) is 64.5 Å². The maximum absolute atomic E-state index is 13.5. The molecule has 2 aromatic carbocycles. The summed E-state index contributed by atoms with van der Waals surface area (Å²) in [6.45, 7) is 4.25. The average molecular weight is 575 g/mol. The molecule has 2 aliphatic rings. The van der Waals surface area contributed by atoms with Gasteiger partial charge >= 0.3 is 18.4 Å². The number of hydrogen-bond acceptors (Lipinski definition) is 4.